The lowest BCUT2D eigenvalue weighted by Crippen LogP contribution is -2.31. The highest BCUT2D eigenvalue weighted by atomic mass is 35.5. The summed E-state index contributed by atoms with van der Waals surface area (Å²) in [6, 6.07) is 22.0. The minimum absolute atomic E-state index is 0.110. The van der Waals surface area contributed by atoms with Gasteiger partial charge in [0, 0.05) is 22.7 Å². The summed E-state index contributed by atoms with van der Waals surface area (Å²) in [5.41, 5.74) is 2.10. The summed E-state index contributed by atoms with van der Waals surface area (Å²) in [5.74, 6) is -0.0541. The Morgan fingerprint density at radius 2 is 1.76 bits per heavy atom. The van der Waals surface area contributed by atoms with Gasteiger partial charge >= 0.3 is 0 Å². The number of ether oxygens (including phenoxy) is 1. The van der Waals surface area contributed by atoms with E-state index in [0.717, 1.165) is 16.3 Å². The predicted octanol–water partition coefficient (Wildman–Crippen LogP) is 5.58. The molecule has 2 amide bonds. The first-order chi connectivity index (χ1) is 15.9. The van der Waals surface area contributed by atoms with Crippen LogP contribution < -0.4 is 20.3 Å². The molecule has 1 aliphatic heterocycles. The number of anilines is 3. The molecular weight excluding hydrogens is 478 g/mol. The molecule has 4 rings (SSSR count). The van der Waals surface area contributed by atoms with E-state index in [9.17, 15) is 9.59 Å². The lowest BCUT2D eigenvalue weighted by molar-refractivity contribution is -0.121. The number of para-hydroxylation sites is 1. The fourth-order valence-electron chi connectivity index (χ4n) is 3.39. The summed E-state index contributed by atoms with van der Waals surface area (Å²) >= 11 is 12.9. The van der Waals surface area contributed by atoms with Crippen LogP contribution in [-0.2, 0) is 9.59 Å². The number of nitrogens with zero attached hydrogens (tertiary/aromatic N) is 1. The second-order valence-corrected chi connectivity index (χ2v) is 9.26. The van der Waals surface area contributed by atoms with Gasteiger partial charge in [-0.15, -0.1) is 11.8 Å². The second-order valence-electron chi connectivity index (χ2n) is 7.17. The first-order valence-electron chi connectivity index (χ1n) is 10.0. The quantitative estimate of drug-likeness (QED) is 0.340. The van der Waals surface area contributed by atoms with E-state index < -0.39 is 5.25 Å². The van der Waals surface area contributed by atoms with Crippen LogP contribution in [0.25, 0.3) is 0 Å². The number of halogens is 1. The summed E-state index contributed by atoms with van der Waals surface area (Å²) in [6.07, 6.45) is 0.110. The number of rotatable bonds is 6. The van der Waals surface area contributed by atoms with Crippen molar-refractivity contribution in [3.63, 3.8) is 0 Å². The lowest BCUT2D eigenvalue weighted by Gasteiger charge is -2.16. The molecule has 1 heterocycles. The van der Waals surface area contributed by atoms with Crippen molar-refractivity contribution in [1.82, 2.24) is 0 Å². The Labute approximate surface area is 206 Å². The van der Waals surface area contributed by atoms with Gasteiger partial charge in [0.25, 0.3) is 0 Å². The molecule has 0 aromatic heterocycles. The van der Waals surface area contributed by atoms with Crippen molar-refractivity contribution < 1.29 is 14.3 Å². The van der Waals surface area contributed by atoms with E-state index in [2.05, 4.69) is 10.6 Å². The first kappa shape index (κ1) is 23.1. The van der Waals surface area contributed by atoms with Gasteiger partial charge in [-0.2, -0.15) is 0 Å². The molecule has 0 bridgehead atoms. The van der Waals surface area contributed by atoms with Crippen LogP contribution in [0.4, 0.5) is 17.1 Å². The number of carbonyl (C=O) groups excluding carboxylic acids is 2. The van der Waals surface area contributed by atoms with Crippen LogP contribution in [0.3, 0.4) is 0 Å². The van der Waals surface area contributed by atoms with Crippen LogP contribution in [0.5, 0.6) is 5.75 Å². The van der Waals surface area contributed by atoms with Gasteiger partial charge in [-0.05, 0) is 60.7 Å². The van der Waals surface area contributed by atoms with Gasteiger partial charge in [-0.1, -0.05) is 35.9 Å². The smallest absolute Gasteiger partial charge is 0.247 e. The third-order valence-electron chi connectivity index (χ3n) is 4.90. The molecule has 1 aliphatic rings. The van der Waals surface area contributed by atoms with Crippen molar-refractivity contribution in [3.05, 3.63) is 77.8 Å². The van der Waals surface area contributed by atoms with Crippen LogP contribution in [0.1, 0.15) is 6.42 Å². The highest BCUT2D eigenvalue weighted by molar-refractivity contribution is 8.00. The summed E-state index contributed by atoms with van der Waals surface area (Å²) < 4.78 is 5.14. The Bertz CT molecular complexity index is 1210. The van der Waals surface area contributed by atoms with Gasteiger partial charge in [0.05, 0.1) is 23.1 Å². The van der Waals surface area contributed by atoms with Crippen molar-refractivity contribution in [2.45, 2.75) is 16.6 Å². The van der Waals surface area contributed by atoms with Crippen molar-refractivity contribution >= 4 is 69.6 Å². The summed E-state index contributed by atoms with van der Waals surface area (Å²) in [7, 11) is 1.51. The molecule has 0 aliphatic carbocycles. The number of imide groups is 1. The Morgan fingerprint density at radius 1 is 1.03 bits per heavy atom. The van der Waals surface area contributed by atoms with E-state index >= 15 is 0 Å². The van der Waals surface area contributed by atoms with Crippen molar-refractivity contribution in [3.8, 4) is 5.75 Å². The van der Waals surface area contributed by atoms with Crippen molar-refractivity contribution in [1.29, 1.82) is 0 Å². The zero-order chi connectivity index (χ0) is 23.4. The molecule has 3 aromatic rings. The molecule has 3 aromatic carbocycles. The average Bonchev–Trinajstić information content (AvgIpc) is 3.07. The number of methoxy groups -OCH3 is 1. The zero-order valence-electron chi connectivity index (χ0n) is 17.6. The number of amides is 2. The molecule has 0 radical (unpaired) electrons. The second kappa shape index (κ2) is 10.2. The van der Waals surface area contributed by atoms with E-state index in [1.807, 2.05) is 54.6 Å². The topological polar surface area (TPSA) is 70.7 Å². The molecule has 0 spiro atoms. The SMILES string of the molecule is COc1ccc(N2C(=O)C[C@H](Sc3cccc(NC(=S)Nc4ccccc4)c3)C2=O)cc1Cl. The monoisotopic (exact) mass is 497 g/mol. The zero-order valence-corrected chi connectivity index (χ0v) is 20.0. The highest BCUT2D eigenvalue weighted by Crippen LogP contribution is 2.37. The molecule has 1 atom stereocenters. The van der Waals surface area contributed by atoms with Gasteiger partial charge in [0.2, 0.25) is 11.8 Å². The maximum atomic E-state index is 13.0. The average molecular weight is 498 g/mol. The molecule has 2 N–H and O–H groups in total. The number of thioether (sulfide) groups is 1. The van der Waals surface area contributed by atoms with E-state index in [1.54, 1.807) is 18.2 Å². The summed E-state index contributed by atoms with van der Waals surface area (Å²) in [5, 5.41) is 6.54. The Hall–Kier alpha value is -3.07. The van der Waals surface area contributed by atoms with E-state index in [-0.39, 0.29) is 18.2 Å². The normalized spacial score (nSPS) is 15.5. The van der Waals surface area contributed by atoms with Gasteiger partial charge in [0.1, 0.15) is 5.75 Å². The van der Waals surface area contributed by atoms with E-state index in [1.165, 1.54) is 23.8 Å². The Morgan fingerprint density at radius 3 is 2.48 bits per heavy atom. The molecule has 1 saturated heterocycles. The molecule has 9 heteroatoms. The summed E-state index contributed by atoms with van der Waals surface area (Å²) in [4.78, 5) is 27.7. The minimum Gasteiger partial charge on any atom is -0.495 e. The van der Waals surface area contributed by atoms with Crippen LogP contribution >= 0.6 is 35.6 Å². The molecule has 6 nitrogen and oxygen atoms in total. The molecule has 0 unspecified atom stereocenters. The number of benzene rings is 3. The van der Waals surface area contributed by atoms with Gasteiger partial charge in [-0.25, -0.2) is 4.90 Å². The van der Waals surface area contributed by atoms with Crippen molar-refractivity contribution in [2.24, 2.45) is 0 Å². The van der Waals surface area contributed by atoms with Crippen LogP contribution in [0.2, 0.25) is 5.02 Å². The number of nitrogens with one attached hydrogen (secondary N) is 2. The van der Waals surface area contributed by atoms with Crippen LogP contribution in [-0.4, -0.2) is 29.3 Å². The maximum Gasteiger partial charge on any atom is 0.247 e. The molecule has 33 heavy (non-hydrogen) atoms. The van der Waals surface area contributed by atoms with E-state index in [0.29, 0.717) is 21.6 Å². The van der Waals surface area contributed by atoms with Gasteiger partial charge in [-0.3, -0.25) is 9.59 Å². The van der Waals surface area contributed by atoms with Gasteiger partial charge in [0.15, 0.2) is 5.11 Å². The first-order valence-corrected chi connectivity index (χ1v) is 11.7. The number of hydrogen-bond donors (Lipinski definition) is 2. The maximum absolute atomic E-state index is 13.0. The third kappa shape index (κ3) is 5.47. The predicted molar refractivity (Wildman–Crippen MR) is 137 cm³/mol. The Balaban J connectivity index is 1.43. The largest absolute Gasteiger partial charge is 0.495 e. The Kier molecular flexibility index (Phi) is 7.17. The van der Waals surface area contributed by atoms with Crippen LogP contribution in [0.15, 0.2) is 77.7 Å². The number of carbonyl (C=O) groups is 2. The standard InChI is InChI=1S/C24H20ClN3O3S2/c1-31-20-11-10-17(13-19(20)25)28-22(29)14-21(23(28)30)33-18-9-5-8-16(12-18)27-24(32)26-15-6-3-2-4-7-15/h2-13,21H,14H2,1H3,(H2,26,27,32)/t21-/m0/s1. The highest BCUT2D eigenvalue weighted by Gasteiger charge is 2.40. The number of thiocarbonyl (C=S) groups is 1. The summed E-state index contributed by atoms with van der Waals surface area (Å²) in [6.45, 7) is 0. The van der Waals surface area contributed by atoms with E-state index in [4.69, 9.17) is 28.6 Å². The minimum atomic E-state index is -0.525. The lowest BCUT2D eigenvalue weighted by atomic mass is 10.3. The fourth-order valence-corrected chi connectivity index (χ4v) is 4.99. The van der Waals surface area contributed by atoms with Gasteiger partial charge < -0.3 is 15.4 Å². The molecule has 168 valence electrons. The number of hydrogen-bond acceptors (Lipinski definition) is 5. The third-order valence-corrected chi connectivity index (χ3v) is 6.58. The fraction of sp³-hybridized carbons (Fsp3) is 0.125. The molecular formula is C24H20ClN3O3S2. The molecule has 0 saturated carbocycles. The molecule has 1 fully saturated rings. The van der Waals surface area contributed by atoms with Crippen LogP contribution in [0, 0.1) is 0 Å². The van der Waals surface area contributed by atoms with Crippen molar-refractivity contribution in [2.75, 3.05) is 22.6 Å².